The van der Waals surface area contributed by atoms with Crippen LogP contribution in [0.4, 0.5) is 0 Å². The molecule has 106 valence electrons. The molecule has 0 amide bonds. The van der Waals surface area contributed by atoms with E-state index >= 15 is 0 Å². The van der Waals surface area contributed by atoms with Crippen molar-refractivity contribution in [2.24, 2.45) is 0 Å². The van der Waals surface area contributed by atoms with E-state index in [9.17, 15) is 13.2 Å². The van der Waals surface area contributed by atoms with Gasteiger partial charge in [-0.1, -0.05) is 0 Å². The van der Waals surface area contributed by atoms with Gasteiger partial charge in [-0.15, -0.1) is 10.2 Å². The molecule has 2 heterocycles. The number of rotatable bonds is 5. The minimum absolute atomic E-state index is 0.0593. The number of aromatic nitrogens is 3. The van der Waals surface area contributed by atoms with Gasteiger partial charge in [0.05, 0.1) is 19.4 Å². The van der Waals surface area contributed by atoms with Gasteiger partial charge in [-0.3, -0.25) is 4.79 Å². The molecule has 0 spiro atoms. The van der Waals surface area contributed by atoms with Crippen LogP contribution in [0.2, 0.25) is 0 Å². The van der Waals surface area contributed by atoms with Crippen molar-refractivity contribution in [3.63, 3.8) is 0 Å². The molecule has 2 rings (SSSR count). The lowest BCUT2D eigenvalue weighted by molar-refractivity contribution is -0.140. The van der Waals surface area contributed by atoms with Crippen molar-refractivity contribution in [3.05, 3.63) is 12.2 Å². The second-order valence-corrected chi connectivity index (χ2v) is 6.36. The molecule has 0 aromatic carbocycles. The number of fused-ring (bicyclic) bond motifs is 1. The van der Waals surface area contributed by atoms with Crippen molar-refractivity contribution in [1.29, 1.82) is 0 Å². The van der Waals surface area contributed by atoms with E-state index in [2.05, 4.69) is 14.9 Å². The molecule has 8 nitrogen and oxygen atoms in total. The highest BCUT2D eigenvalue weighted by Crippen LogP contribution is 2.14. The molecule has 1 aliphatic heterocycles. The zero-order chi connectivity index (χ0) is 13.9. The van der Waals surface area contributed by atoms with Crippen LogP contribution in [0.3, 0.4) is 0 Å². The fourth-order valence-electron chi connectivity index (χ4n) is 1.91. The predicted molar refractivity (Wildman–Crippen MR) is 65.5 cm³/mol. The van der Waals surface area contributed by atoms with E-state index in [4.69, 9.17) is 0 Å². The zero-order valence-corrected chi connectivity index (χ0v) is 11.5. The van der Waals surface area contributed by atoms with Gasteiger partial charge in [-0.05, 0) is 6.42 Å². The molecular weight excluding hydrogens is 272 g/mol. The predicted octanol–water partition coefficient (Wildman–Crippen LogP) is -0.623. The van der Waals surface area contributed by atoms with Crippen LogP contribution in [-0.2, 0) is 32.6 Å². The summed E-state index contributed by atoms with van der Waals surface area (Å²) in [5.74, 6) is 0.187. The molecule has 9 heteroatoms. The third-order valence-electron chi connectivity index (χ3n) is 3.01. The van der Waals surface area contributed by atoms with Crippen molar-refractivity contribution >= 4 is 16.0 Å². The van der Waals surface area contributed by atoms with Gasteiger partial charge in [0.15, 0.2) is 0 Å². The molecule has 0 bridgehead atoms. The van der Waals surface area contributed by atoms with Gasteiger partial charge in [0.2, 0.25) is 10.0 Å². The van der Waals surface area contributed by atoms with E-state index in [0.29, 0.717) is 18.9 Å². The Kier molecular flexibility index (Phi) is 4.15. The SMILES string of the molecule is COC(=O)CCCS(=O)(=O)N1CCn2cnnc2C1. The molecule has 1 aromatic rings. The van der Waals surface area contributed by atoms with E-state index in [0.717, 1.165) is 0 Å². The van der Waals surface area contributed by atoms with Gasteiger partial charge in [-0.25, -0.2) is 8.42 Å². The first-order chi connectivity index (χ1) is 9.03. The molecule has 0 saturated heterocycles. The standard InChI is InChI=1S/C10H16N4O4S/c1-18-10(15)3-2-6-19(16,17)14-5-4-13-8-11-12-9(13)7-14/h8H,2-7H2,1H3. The Bertz CT molecular complexity index is 554. The summed E-state index contributed by atoms with van der Waals surface area (Å²) in [5, 5.41) is 7.62. The van der Waals surface area contributed by atoms with Crippen molar-refractivity contribution in [2.75, 3.05) is 19.4 Å². The number of hydrogen-bond donors (Lipinski definition) is 0. The van der Waals surface area contributed by atoms with Crippen LogP contribution in [0.25, 0.3) is 0 Å². The lowest BCUT2D eigenvalue weighted by atomic mass is 10.3. The fourth-order valence-corrected chi connectivity index (χ4v) is 3.35. The summed E-state index contributed by atoms with van der Waals surface area (Å²) in [7, 11) is -2.08. The third-order valence-corrected chi connectivity index (χ3v) is 4.91. The molecule has 1 aliphatic rings. The van der Waals surface area contributed by atoms with Crippen LogP contribution >= 0.6 is 0 Å². The maximum atomic E-state index is 12.1. The zero-order valence-electron chi connectivity index (χ0n) is 10.7. The van der Waals surface area contributed by atoms with Crippen LogP contribution < -0.4 is 0 Å². The highest BCUT2D eigenvalue weighted by Gasteiger charge is 2.27. The maximum Gasteiger partial charge on any atom is 0.305 e. The summed E-state index contributed by atoms with van der Waals surface area (Å²) in [6.07, 6.45) is 1.97. The average Bonchev–Trinajstić information content (AvgIpc) is 2.85. The third kappa shape index (κ3) is 3.29. The second-order valence-electron chi connectivity index (χ2n) is 4.27. The highest BCUT2D eigenvalue weighted by atomic mass is 32.2. The Hall–Kier alpha value is -1.48. The second kappa shape index (κ2) is 5.66. The number of nitrogens with zero attached hydrogens (tertiary/aromatic N) is 4. The number of methoxy groups -OCH3 is 1. The normalized spacial score (nSPS) is 16.1. The van der Waals surface area contributed by atoms with Gasteiger partial charge >= 0.3 is 5.97 Å². The van der Waals surface area contributed by atoms with E-state index in [1.165, 1.54) is 11.4 Å². The molecule has 1 aromatic heterocycles. The summed E-state index contributed by atoms with van der Waals surface area (Å²) >= 11 is 0. The van der Waals surface area contributed by atoms with E-state index in [1.54, 1.807) is 6.33 Å². The monoisotopic (exact) mass is 288 g/mol. The Morgan fingerprint density at radius 2 is 2.26 bits per heavy atom. The molecule has 0 radical (unpaired) electrons. The molecule has 0 fully saturated rings. The van der Waals surface area contributed by atoms with Gasteiger partial charge in [0.25, 0.3) is 0 Å². The van der Waals surface area contributed by atoms with E-state index in [-0.39, 0.29) is 25.1 Å². The van der Waals surface area contributed by atoms with Crippen molar-refractivity contribution in [1.82, 2.24) is 19.1 Å². The Balaban J connectivity index is 1.92. The molecule has 0 aliphatic carbocycles. The quantitative estimate of drug-likeness (QED) is 0.670. The first-order valence-electron chi connectivity index (χ1n) is 5.94. The molecule has 0 saturated carbocycles. The number of carbonyl (C=O) groups excluding carboxylic acids is 1. The van der Waals surface area contributed by atoms with Gasteiger partial charge < -0.3 is 9.30 Å². The largest absolute Gasteiger partial charge is 0.469 e. The minimum Gasteiger partial charge on any atom is -0.469 e. The first kappa shape index (κ1) is 13.9. The molecular formula is C10H16N4O4S. The smallest absolute Gasteiger partial charge is 0.305 e. The number of esters is 1. The number of sulfonamides is 1. The molecule has 0 N–H and O–H groups in total. The average molecular weight is 288 g/mol. The highest BCUT2D eigenvalue weighted by molar-refractivity contribution is 7.89. The van der Waals surface area contributed by atoms with E-state index < -0.39 is 16.0 Å². The summed E-state index contributed by atoms with van der Waals surface area (Å²) in [6, 6.07) is 0. The lowest BCUT2D eigenvalue weighted by Gasteiger charge is -2.26. The van der Waals surface area contributed by atoms with Gasteiger partial charge in [0, 0.05) is 19.5 Å². The van der Waals surface area contributed by atoms with E-state index in [1.807, 2.05) is 4.57 Å². The van der Waals surface area contributed by atoms with Crippen LogP contribution in [-0.4, -0.2) is 52.9 Å². The Labute approximate surface area is 111 Å². The first-order valence-corrected chi connectivity index (χ1v) is 7.55. The maximum absolute atomic E-state index is 12.1. The van der Waals surface area contributed by atoms with Crippen molar-refractivity contribution in [2.45, 2.75) is 25.9 Å². The van der Waals surface area contributed by atoms with Crippen LogP contribution in [0.5, 0.6) is 0 Å². The summed E-state index contributed by atoms with van der Waals surface area (Å²) in [5.41, 5.74) is 0. The summed E-state index contributed by atoms with van der Waals surface area (Å²) < 4.78 is 31.9. The topological polar surface area (TPSA) is 94.4 Å². The fraction of sp³-hybridized carbons (Fsp3) is 0.700. The molecule has 0 atom stereocenters. The van der Waals surface area contributed by atoms with Gasteiger partial charge in [-0.2, -0.15) is 4.31 Å². The molecule has 19 heavy (non-hydrogen) atoms. The van der Waals surface area contributed by atoms with Crippen LogP contribution in [0, 0.1) is 0 Å². The van der Waals surface area contributed by atoms with Crippen LogP contribution in [0.15, 0.2) is 6.33 Å². The molecule has 0 unspecified atom stereocenters. The number of carbonyl (C=O) groups is 1. The lowest BCUT2D eigenvalue weighted by Crippen LogP contribution is -2.39. The summed E-state index contributed by atoms with van der Waals surface area (Å²) in [4.78, 5) is 11.0. The van der Waals surface area contributed by atoms with Gasteiger partial charge in [0.1, 0.15) is 12.2 Å². The Morgan fingerprint density at radius 3 is 3.00 bits per heavy atom. The summed E-state index contributed by atoms with van der Waals surface area (Å²) in [6.45, 7) is 1.20. The number of ether oxygens (including phenoxy) is 1. The van der Waals surface area contributed by atoms with Crippen molar-refractivity contribution in [3.8, 4) is 0 Å². The Morgan fingerprint density at radius 1 is 1.47 bits per heavy atom. The minimum atomic E-state index is -3.36. The van der Waals surface area contributed by atoms with Crippen molar-refractivity contribution < 1.29 is 17.9 Å². The number of hydrogen-bond acceptors (Lipinski definition) is 6. The van der Waals surface area contributed by atoms with Crippen LogP contribution in [0.1, 0.15) is 18.7 Å².